The third-order valence-electron chi connectivity index (χ3n) is 3.72. The van der Waals surface area contributed by atoms with E-state index in [1.54, 1.807) is 0 Å². The van der Waals surface area contributed by atoms with Crippen LogP contribution < -0.4 is 4.90 Å². The van der Waals surface area contributed by atoms with Crippen LogP contribution in [0.4, 0.5) is 5.69 Å². The molecule has 2 aromatic carbocycles. The van der Waals surface area contributed by atoms with Gasteiger partial charge in [0.2, 0.25) is 0 Å². The molecule has 0 unspecified atom stereocenters. The summed E-state index contributed by atoms with van der Waals surface area (Å²) in [7, 11) is 2.11. The first-order valence-corrected chi connectivity index (χ1v) is 7.33. The van der Waals surface area contributed by atoms with Crippen molar-refractivity contribution in [3.63, 3.8) is 0 Å². The van der Waals surface area contributed by atoms with Gasteiger partial charge in [-0.3, -0.25) is 0 Å². The molecular weight excluding hydrogens is 254 g/mol. The summed E-state index contributed by atoms with van der Waals surface area (Å²) in [6, 6.07) is 17.1. The highest BCUT2D eigenvalue weighted by molar-refractivity contribution is 5.69. The number of hydrogen-bond acceptors (Lipinski definition) is 1. The summed E-state index contributed by atoms with van der Waals surface area (Å²) in [6.45, 7) is 6.33. The number of aryl methyl sites for hydroxylation is 1. The molecule has 0 aliphatic carbocycles. The summed E-state index contributed by atoms with van der Waals surface area (Å²) in [5, 5.41) is 0. The quantitative estimate of drug-likeness (QED) is 0.660. The molecule has 2 rings (SSSR count). The average molecular weight is 277 g/mol. The smallest absolute Gasteiger partial charge is 0.0435 e. The van der Waals surface area contributed by atoms with Crippen LogP contribution in [0.2, 0.25) is 0 Å². The highest BCUT2D eigenvalue weighted by Crippen LogP contribution is 2.28. The van der Waals surface area contributed by atoms with Crippen LogP contribution in [-0.2, 0) is 0 Å². The molecule has 0 aliphatic rings. The average Bonchev–Trinajstić information content (AvgIpc) is 2.52. The Labute approximate surface area is 128 Å². The van der Waals surface area contributed by atoms with Crippen molar-refractivity contribution in [3.8, 4) is 11.1 Å². The molecule has 1 heteroatoms. The molecule has 0 saturated heterocycles. The molecule has 0 bridgehead atoms. The summed E-state index contributed by atoms with van der Waals surface area (Å²) >= 11 is 0. The van der Waals surface area contributed by atoms with Crippen LogP contribution in [0.1, 0.15) is 19.4 Å². The monoisotopic (exact) mass is 277 g/mol. The highest BCUT2D eigenvalue weighted by atomic mass is 15.1. The summed E-state index contributed by atoms with van der Waals surface area (Å²) in [6.07, 6.45) is 6.24. The van der Waals surface area contributed by atoms with Gasteiger partial charge in [-0.1, -0.05) is 48.6 Å². The van der Waals surface area contributed by atoms with Crippen molar-refractivity contribution in [1.29, 1.82) is 0 Å². The number of allylic oxidation sites excluding steroid dienone is 4. The standard InChI is InChI=1S/C20H23N/c1-5-6-10-17(3)21(4)20-14-13-19(15-16(20)2)18-11-8-7-9-12-18/h5-15H,1-4H3/b6-5-,17-10+. The molecule has 0 radical (unpaired) electrons. The minimum atomic E-state index is 1.23. The Hall–Kier alpha value is -2.28. The highest BCUT2D eigenvalue weighted by Gasteiger charge is 2.07. The number of rotatable bonds is 4. The second kappa shape index (κ2) is 6.94. The first kappa shape index (κ1) is 15.1. The van der Waals surface area contributed by atoms with E-state index >= 15 is 0 Å². The number of benzene rings is 2. The molecule has 2 aromatic rings. The molecule has 0 heterocycles. The minimum absolute atomic E-state index is 1.23. The fourth-order valence-corrected chi connectivity index (χ4v) is 2.38. The molecule has 0 atom stereocenters. The molecule has 0 fully saturated rings. The van der Waals surface area contributed by atoms with Gasteiger partial charge in [-0.15, -0.1) is 0 Å². The maximum atomic E-state index is 2.25. The summed E-state index contributed by atoms with van der Waals surface area (Å²) < 4.78 is 0. The van der Waals surface area contributed by atoms with E-state index in [-0.39, 0.29) is 0 Å². The van der Waals surface area contributed by atoms with Crippen LogP contribution in [-0.4, -0.2) is 7.05 Å². The van der Waals surface area contributed by atoms with Crippen molar-refractivity contribution in [1.82, 2.24) is 0 Å². The molecule has 0 spiro atoms. The van der Waals surface area contributed by atoms with Crippen LogP contribution in [0.5, 0.6) is 0 Å². The lowest BCUT2D eigenvalue weighted by Crippen LogP contribution is -2.15. The summed E-state index contributed by atoms with van der Waals surface area (Å²) in [5.41, 5.74) is 6.28. The van der Waals surface area contributed by atoms with Gasteiger partial charge in [0.15, 0.2) is 0 Å². The Morgan fingerprint density at radius 3 is 2.33 bits per heavy atom. The van der Waals surface area contributed by atoms with Crippen molar-refractivity contribution in [3.05, 3.63) is 78.0 Å². The lowest BCUT2D eigenvalue weighted by molar-refractivity contribution is 1.08. The summed E-state index contributed by atoms with van der Waals surface area (Å²) in [4.78, 5) is 2.23. The largest absolute Gasteiger partial charge is 0.348 e. The molecule has 0 saturated carbocycles. The van der Waals surface area contributed by atoms with E-state index in [4.69, 9.17) is 0 Å². The first-order chi connectivity index (χ1) is 10.1. The van der Waals surface area contributed by atoms with Gasteiger partial charge in [0.1, 0.15) is 0 Å². The first-order valence-electron chi connectivity index (χ1n) is 7.33. The predicted molar refractivity (Wildman–Crippen MR) is 93.6 cm³/mol. The van der Waals surface area contributed by atoms with Gasteiger partial charge in [0.25, 0.3) is 0 Å². The lowest BCUT2D eigenvalue weighted by atomic mass is 10.0. The summed E-state index contributed by atoms with van der Waals surface area (Å²) in [5.74, 6) is 0. The van der Waals surface area contributed by atoms with E-state index in [9.17, 15) is 0 Å². The predicted octanol–water partition coefficient (Wildman–Crippen LogP) is 5.58. The van der Waals surface area contributed by atoms with Gasteiger partial charge in [-0.2, -0.15) is 0 Å². The molecule has 0 N–H and O–H groups in total. The fourth-order valence-electron chi connectivity index (χ4n) is 2.38. The molecule has 0 amide bonds. The van der Waals surface area contributed by atoms with E-state index in [1.807, 2.05) is 19.1 Å². The van der Waals surface area contributed by atoms with Crippen LogP contribution >= 0.6 is 0 Å². The maximum Gasteiger partial charge on any atom is 0.0435 e. The van der Waals surface area contributed by atoms with E-state index in [1.165, 1.54) is 28.1 Å². The molecular formula is C20H23N. The van der Waals surface area contributed by atoms with Crippen LogP contribution in [0.3, 0.4) is 0 Å². The number of anilines is 1. The van der Waals surface area contributed by atoms with Crippen LogP contribution in [0.15, 0.2) is 72.5 Å². The molecule has 1 nitrogen and oxygen atoms in total. The molecule has 0 aromatic heterocycles. The molecule has 21 heavy (non-hydrogen) atoms. The van der Waals surface area contributed by atoms with Gasteiger partial charge in [0, 0.05) is 18.4 Å². The van der Waals surface area contributed by atoms with E-state index in [0.717, 1.165) is 0 Å². The van der Waals surface area contributed by atoms with Gasteiger partial charge in [0.05, 0.1) is 0 Å². The topological polar surface area (TPSA) is 3.24 Å². The zero-order valence-electron chi connectivity index (χ0n) is 13.3. The number of hydrogen-bond donors (Lipinski definition) is 0. The van der Waals surface area contributed by atoms with Crippen LogP contribution in [0, 0.1) is 6.92 Å². The normalized spacial score (nSPS) is 11.9. The zero-order valence-corrected chi connectivity index (χ0v) is 13.3. The van der Waals surface area contributed by atoms with E-state index < -0.39 is 0 Å². The van der Waals surface area contributed by atoms with Gasteiger partial charge < -0.3 is 4.90 Å². The van der Waals surface area contributed by atoms with Crippen molar-refractivity contribution >= 4 is 5.69 Å². The second-order valence-electron chi connectivity index (χ2n) is 5.26. The van der Waals surface area contributed by atoms with E-state index in [0.29, 0.717) is 0 Å². The van der Waals surface area contributed by atoms with Crippen molar-refractivity contribution in [2.75, 3.05) is 11.9 Å². The molecule has 0 aliphatic heterocycles. The molecule has 108 valence electrons. The third-order valence-corrected chi connectivity index (χ3v) is 3.72. The SMILES string of the molecule is C/C=C\C=C(/C)N(C)c1ccc(-c2ccccc2)cc1C. The Kier molecular flexibility index (Phi) is 4.99. The number of nitrogens with zero attached hydrogens (tertiary/aromatic N) is 1. The maximum absolute atomic E-state index is 2.25. The van der Waals surface area contributed by atoms with Gasteiger partial charge in [-0.05, 0) is 55.7 Å². The van der Waals surface area contributed by atoms with Crippen LogP contribution in [0.25, 0.3) is 11.1 Å². The Balaban J connectivity index is 2.32. The van der Waals surface area contributed by atoms with Crippen molar-refractivity contribution < 1.29 is 0 Å². The third kappa shape index (κ3) is 3.63. The van der Waals surface area contributed by atoms with E-state index in [2.05, 4.69) is 80.4 Å². The second-order valence-corrected chi connectivity index (χ2v) is 5.26. The van der Waals surface area contributed by atoms with Crippen molar-refractivity contribution in [2.24, 2.45) is 0 Å². The zero-order chi connectivity index (χ0) is 15.2. The van der Waals surface area contributed by atoms with Crippen molar-refractivity contribution in [2.45, 2.75) is 20.8 Å². The lowest BCUT2D eigenvalue weighted by Gasteiger charge is -2.22. The van der Waals surface area contributed by atoms with Gasteiger partial charge in [-0.25, -0.2) is 0 Å². The fraction of sp³-hybridized carbons (Fsp3) is 0.200. The Bertz CT molecular complexity index is 651. The Morgan fingerprint density at radius 2 is 1.71 bits per heavy atom. The van der Waals surface area contributed by atoms with Gasteiger partial charge >= 0.3 is 0 Å². The Morgan fingerprint density at radius 1 is 1.00 bits per heavy atom. The minimum Gasteiger partial charge on any atom is -0.348 e.